The molecule has 0 saturated heterocycles. The number of nitrogens with zero attached hydrogens (tertiary/aromatic N) is 1. The Labute approximate surface area is 187 Å². The summed E-state index contributed by atoms with van der Waals surface area (Å²) < 4.78 is 6.05. The van der Waals surface area contributed by atoms with Crippen LogP contribution < -0.4 is 20.7 Å². The maximum atomic E-state index is 11.8. The molecule has 28 heavy (non-hydrogen) atoms. The number of hydrogen-bond donors (Lipinski definition) is 3. The van der Waals surface area contributed by atoms with Gasteiger partial charge in [-0.25, -0.2) is 4.99 Å². The van der Waals surface area contributed by atoms with Crippen LogP contribution in [0, 0.1) is 6.92 Å². The molecule has 160 valence electrons. The van der Waals surface area contributed by atoms with Gasteiger partial charge in [0.1, 0.15) is 5.75 Å². The number of aliphatic imine (C=N–C) groups is 1. The third-order valence-corrected chi connectivity index (χ3v) is 3.97. The molecule has 1 atom stereocenters. The Balaban J connectivity index is 0.00000729. The molecule has 0 heterocycles. The summed E-state index contributed by atoms with van der Waals surface area (Å²) in [6.45, 7) is 14.0. The lowest BCUT2D eigenvalue weighted by Gasteiger charge is -2.17. The number of hydrogen-bond acceptors (Lipinski definition) is 3. The van der Waals surface area contributed by atoms with Gasteiger partial charge in [-0.2, -0.15) is 0 Å². The Morgan fingerprint density at radius 1 is 1.18 bits per heavy atom. The van der Waals surface area contributed by atoms with Crippen molar-refractivity contribution in [2.75, 3.05) is 13.1 Å². The van der Waals surface area contributed by atoms with E-state index in [9.17, 15) is 4.79 Å². The molecule has 1 unspecified atom stereocenters. The zero-order valence-electron chi connectivity index (χ0n) is 18.1. The first-order valence-corrected chi connectivity index (χ1v) is 9.93. The molecule has 1 amide bonds. The molecular formula is C21H37IN4O2. The van der Waals surface area contributed by atoms with Crippen molar-refractivity contribution in [3.05, 3.63) is 29.3 Å². The predicted molar refractivity (Wildman–Crippen MR) is 128 cm³/mol. The largest absolute Gasteiger partial charge is 0.490 e. The number of carbonyl (C=O) groups excluding carboxylic acids is 1. The highest BCUT2D eigenvalue weighted by molar-refractivity contribution is 14.0. The van der Waals surface area contributed by atoms with E-state index in [0.717, 1.165) is 24.3 Å². The molecule has 0 fully saturated rings. The summed E-state index contributed by atoms with van der Waals surface area (Å²) in [5.41, 5.74) is 2.22. The molecule has 0 saturated carbocycles. The Morgan fingerprint density at radius 3 is 2.50 bits per heavy atom. The minimum absolute atomic E-state index is 0. The van der Waals surface area contributed by atoms with Crippen molar-refractivity contribution < 1.29 is 9.53 Å². The lowest BCUT2D eigenvalue weighted by Crippen LogP contribution is -2.40. The van der Waals surface area contributed by atoms with Crippen molar-refractivity contribution in [1.29, 1.82) is 0 Å². The quantitative estimate of drug-likeness (QED) is 0.258. The van der Waals surface area contributed by atoms with Crippen LogP contribution in [-0.2, 0) is 11.3 Å². The summed E-state index contributed by atoms with van der Waals surface area (Å²) in [6.07, 6.45) is 1.54. The molecule has 3 N–H and O–H groups in total. The first kappa shape index (κ1) is 26.5. The van der Waals surface area contributed by atoms with E-state index < -0.39 is 0 Å². The van der Waals surface area contributed by atoms with Gasteiger partial charge in [-0.15, -0.1) is 24.0 Å². The van der Waals surface area contributed by atoms with Gasteiger partial charge in [-0.3, -0.25) is 4.79 Å². The highest BCUT2D eigenvalue weighted by Crippen LogP contribution is 2.23. The van der Waals surface area contributed by atoms with Crippen LogP contribution in [0.25, 0.3) is 0 Å². The third-order valence-electron chi connectivity index (χ3n) is 3.97. The molecule has 0 aromatic heterocycles. The molecule has 0 aliphatic carbocycles. The van der Waals surface area contributed by atoms with Crippen LogP contribution in [-0.4, -0.2) is 37.1 Å². The maximum absolute atomic E-state index is 11.8. The smallest absolute Gasteiger partial charge is 0.221 e. The fourth-order valence-corrected chi connectivity index (χ4v) is 2.40. The second-order valence-corrected chi connectivity index (χ2v) is 7.04. The van der Waals surface area contributed by atoms with Gasteiger partial charge in [-0.1, -0.05) is 19.1 Å². The number of aryl methyl sites for hydroxylation is 1. The molecule has 1 rings (SSSR count). The van der Waals surface area contributed by atoms with E-state index in [-0.39, 0.29) is 42.0 Å². The zero-order chi connectivity index (χ0) is 20.2. The van der Waals surface area contributed by atoms with Gasteiger partial charge in [0, 0.05) is 31.1 Å². The molecule has 0 bridgehead atoms. The Kier molecular flexibility index (Phi) is 13.7. The van der Waals surface area contributed by atoms with Crippen molar-refractivity contribution in [2.45, 2.75) is 73.1 Å². The molecule has 6 nitrogen and oxygen atoms in total. The first-order chi connectivity index (χ1) is 12.8. The minimum atomic E-state index is 0. The normalized spacial score (nSPS) is 12.2. The monoisotopic (exact) mass is 504 g/mol. The fourth-order valence-electron chi connectivity index (χ4n) is 2.40. The second kappa shape index (κ2) is 14.5. The van der Waals surface area contributed by atoms with Crippen molar-refractivity contribution >= 4 is 35.8 Å². The third kappa shape index (κ3) is 10.7. The highest BCUT2D eigenvalue weighted by atomic mass is 127. The number of carbonyl (C=O) groups is 1. The summed E-state index contributed by atoms with van der Waals surface area (Å²) in [6, 6.07) is 6.36. The summed E-state index contributed by atoms with van der Waals surface area (Å²) >= 11 is 0. The number of halogens is 1. The molecule has 1 aromatic rings. The van der Waals surface area contributed by atoms with Crippen LogP contribution in [0.1, 0.15) is 58.6 Å². The van der Waals surface area contributed by atoms with Crippen LogP contribution in [0.15, 0.2) is 23.2 Å². The summed E-state index contributed by atoms with van der Waals surface area (Å²) in [7, 11) is 0. The molecule has 0 radical (unpaired) electrons. The summed E-state index contributed by atoms with van der Waals surface area (Å²) in [5.74, 6) is 1.63. The minimum Gasteiger partial charge on any atom is -0.490 e. The number of rotatable bonds is 10. The van der Waals surface area contributed by atoms with Crippen LogP contribution in [0.2, 0.25) is 0 Å². The van der Waals surface area contributed by atoms with E-state index in [2.05, 4.69) is 59.9 Å². The topological polar surface area (TPSA) is 74.8 Å². The van der Waals surface area contributed by atoms with Crippen molar-refractivity contribution in [1.82, 2.24) is 16.0 Å². The lowest BCUT2D eigenvalue weighted by atomic mass is 10.1. The van der Waals surface area contributed by atoms with Gasteiger partial charge >= 0.3 is 0 Å². The number of guanidine groups is 1. The number of amides is 1. The fraction of sp³-hybridized carbons (Fsp3) is 0.619. The Morgan fingerprint density at radius 2 is 1.89 bits per heavy atom. The second-order valence-electron chi connectivity index (χ2n) is 7.04. The van der Waals surface area contributed by atoms with Crippen LogP contribution in [0.3, 0.4) is 0 Å². The standard InChI is InChI=1S/C21H36N4O2.HI/c1-7-17(6)27-19-13-16(5)9-10-18(19)14-24-21(22-8-2)23-12-11-20(26)25-15(3)4;/h9-10,13,15,17H,7-8,11-12,14H2,1-6H3,(H,25,26)(H2,22,23,24);1H. The van der Waals surface area contributed by atoms with Gasteiger partial charge in [0.2, 0.25) is 5.91 Å². The van der Waals surface area contributed by atoms with Crippen LogP contribution in [0.5, 0.6) is 5.75 Å². The molecule has 7 heteroatoms. The van der Waals surface area contributed by atoms with Crippen molar-refractivity contribution in [3.8, 4) is 5.75 Å². The molecule has 0 aliphatic rings. The number of benzene rings is 1. The van der Waals surface area contributed by atoms with E-state index in [1.54, 1.807) is 0 Å². The van der Waals surface area contributed by atoms with E-state index in [1.165, 1.54) is 5.56 Å². The number of ether oxygens (including phenoxy) is 1. The first-order valence-electron chi connectivity index (χ1n) is 9.93. The SMILES string of the molecule is CCNC(=NCc1ccc(C)cc1OC(C)CC)NCCC(=O)NC(C)C.I. The predicted octanol–water partition coefficient (Wildman–Crippen LogP) is 3.76. The summed E-state index contributed by atoms with van der Waals surface area (Å²) in [4.78, 5) is 16.4. The van der Waals surface area contributed by atoms with Gasteiger partial charge in [0.15, 0.2) is 5.96 Å². The van der Waals surface area contributed by atoms with Gasteiger partial charge in [0.05, 0.1) is 12.6 Å². The van der Waals surface area contributed by atoms with Crippen molar-refractivity contribution in [2.24, 2.45) is 4.99 Å². The maximum Gasteiger partial charge on any atom is 0.221 e. The molecular weight excluding hydrogens is 467 g/mol. The van der Waals surface area contributed by atoms with E-state index in [0.29, 0.717) is 25.5 Å². The van der Waals surface area contributed by atoms with E-state index >= 15 is 0 Å². The van der Waals surface area contributed by atoms with E-state index in [4.69, 9.17) is 4.74 Å². The van der Waals surface area contributed by atoms with Gasteiger partial charge in [0.25, 0.3) is 0 Å². The van der Waals surface area contributed by atoms with Crippen LogP contribution in [0.4, 0.5) is 0 Å². The highest BCUT2D eigenvalue weighted by Gasteiger charge is 2.09. The van der Waals surface area contributed by atoms with Crippen LogP contribution >= 0.6 is 24.0 Å². The van der Waals surface area contributed by atoms with Gasteiger partial charge in [-0.05, 0) is 52.7 Å². The molecule has 1 aromatic carbocycles. The lowest BCUT2D eigenvalue weighted by molar-refractivity contribution is -0.121. The molecule has 0 aliphatic heterocycles. The molecule has 0 spiro atoms. The summed E-state index contributed by atoms with van der Waals surface area (Å²) in [5, 5.41) is 9.32. The average Bonchev–Trinajstić information content (AvgIpc) is 2.60. The Bertz CT molecular complexity index is 620. The average molecular weight is 504 g/mol. The Hall–Kier alpha value is -1.51. The van der Waals surface area contributed by atoms with E-state index in [1.807, 2.05) is 20.8 Å². The van der Waals surface area contributed by atoms with Gasteiger partial charge < -0.3 is 20.7 Å². The number of nitrogens with one attached hydrogen (secondary N) is 3. The zero-order valence-corrected chi connectivity index (χ0v) is 20.4. The van der Waals surface area contributed by atoms with Crippen molar-refractivity contribution in [3.63, 3.8) is 0 Å².